The summed E-state index contributed by atoms with van der Waals surface area (Å²) in [5, 5.41) is 0. The molecule has 0 N–H and O–H groups in total. The van der Waals surface area contributed by atoms with Gasteiger partial charge in [-0.3, -0.25) is 0 Å². The zero-order valence-electron chi connectivity index (χ0n) is 15.0. The Hall–Kier alpha value is -2.92. The Morgan fingerprint density at radius 1 is 0.923 bits per heavy atom. The van der Waals surface area contributed by atoms with Crippen molar-refractivity contribution in [2.75, 3.05) is 32.3 Å². The van der Waals surface area contributed by atoms with Crippen molar-refractivity contribution in [2.24, 2.45) is 0 Å². The van der Waals surface area contributed by atoms with Gasteiger partial charge in [-0.15, -0.1) is 0 Å². The maximum Gasteiger partial charge on any atom is 0.158 e. The first-order valence-electron chi connectivity index (χ1n) is 8.63. The predicted octanol–water partition coefficient (Wildman–Crippen LogP) is 4.03. The minimum absolute atomic E-state index is 0.0877. The first-order valence-corrected chi connectivity index (χ1v) is 8.63. The van der Waals surface area contributed by atoms with Gasteiger partial charge in [-0.25, -0.2) is 0 Å². The number of aromatic nitrogens is 1. The van der Waals surface area contributed by atoms with E-state index in [1.165, 1.54) is 0 Å². The van der Waals surface area contributed by atoms with Crippen molar-refractivity contribution >= 4 is 5.69 Å². The lowest BCUT2D eigenvalue weighted by Crippen LogP contribution is -2.22. The van der Waals surface area contributed by atoms with E-state index in [9.17, 15) is 0 Å². The molecule has 2 heterocycles. The van der Waals surface area contributed by atoms with Crippen LogP contribution in [0.5, 0.6) is 11.5 Å². The minimum Gasteiger partial charge on any atom is -0.497 e. The number of methoxy groups -OCH3 is 2. The number of hydrogen-bond acceptors (Lipinski definition) is 4. The molecular weight excluding hydrogens is 328 g/mol. The molecule has 0 amide bonds. The molecule has 0 bridgehead atoms. The molecular formula is C21H22N2O3. The van der Waals surface area contributed by atoms with E-state index in [0.29, 0.717) is 6.61 Å². The van der Waals surface area contributed by atoms with Gasteiger partial charge in [-0.05, 0) is 42.5 Å². The van der Waals surface area contributed by atoms with Crippen molar-refractivity contribution in [3.63, 3.8) is 0 Å². The molecule has 1 fully saturated rings. The molecule has 134 valence electrons. The summed E-state index contributed by atoms with van der Waals surface area (Å²) in [6, 6.07) is 18.2. The van der Waals surface area contributed by atoms with E-state index in [2.05, 4.69) is 46.1 Å². The van der Waals surface area contributed by atoms with Crippen LogP contribution in [0.4, 0.5) is 5.69 Å². The Balaban J connectivity index is 1.59. The van der Waals surface area contributed by atoms with Crippen LogP contribution in [0.2, 0.25) is 0 Å². The SMILES string of the molecule is COc1ccc(N2CCOC2c2ccn(-c3cccc(OC)c3)c2)cc1. The Morgan fingerprint density at radius 3 is 2.50 bits per heavy atom. The van der Waals surface area contributed by atoms with E-state index in [1.807, 2.05) is 30.3 Å². The second-order valence-electron chi connectivity index (χ2n) is 6.17. The molecule has 0 saturated carbocycles. The molecule has 4 rings (SSSR count). The van der Waals surface area contributed by atoms with Crippen LogP contribution in [-0.2, 0) is 4.74 Å². The molecule has 3 aromatic rings. The van der Waals surface area contributed by atoms with E-state index in [4.69, 9.17) is 14.2 Å². The van der Waals surface area contributed by atoms with E-state index < -0.39 is 0 Å². The summed E-state index contributed by atoms with van der Waals surface area (Å²) in [4.78, 5) is 2.27. The van der Waals surface area contributed by atoms with Crippen molar-refractivity contribution in [1.29, 1.82) is 0 Å². The second kappa shape index (κ2) is 7.14. The van der Waals surface area contributed by atoms with Gasteiger partial charge in [0.05, 0.1) is 20.8 Å². The Kier molecular flexibility index (Phi) is 4.54. The van der Waals surface area contributed by atoms with E-state index in [1.54, 1.807) is 14.2 Å². The summed E-state index contributed by atoms with van der Waals surface area (Å²) in [7, 11) is 3.36. The molecule has 1 aliphatic heterocycles. The number of ether oxygens (including phenoxy) is 3. The molecule has 5 nitrogen and oxygen atoms in total. The third-order valence-electron chi connectivity index (χ3n) is 4.65. The van der Waals surface area contributed by atoms with Crippen LogP contribution < -0.4 is 14.4 Å². The lowest BCUT2D eigenvalue weighted by molar-refractivity contribution is 0.114. The summed E-state index contributed by atoms with van der Waals surface area (Å²) < 4.78 is 18.7. The average Bonchev–Trinajstić information content (AvgIpc) is 3.37. The third kappa shape index (κ3) is 3.13. The summed E-state index contributed by atoms with van der Waals surface area (Å²) >= 11 is 0. The molecule has 0 radical (unpaired) electrons. The molecule has 1 atom stereocenters. The highest BCUT2D eigenvalue weighted by atomic mass is 16.5. The summed E-state index contributed by atoms with van der Waals surface area (Å²) in [5.41, 5.74) is 3.31. The van der Waals surface area contributed by atoms with Crippen molar-refractivity contribution < 1.29 is 14.2 Å². The smallest absolute Gasteiger partial charge is 0.158 e. The molecule has 1 unspecified atom stereocenters. The highest BCUT2D eigenvalue weighted by Gasteiger charge is 2.28. The van der Waals surface area contributed by atoms with Crippen LogP contribution in [0.25, 0.3) is 5.69 Å². The number of hydrogen-bond donors (Lipinski definition) is 0. The van der Waals surface area contributed by atoms with Crippen LogP contribution >= 0.6 is 0 Å². The molecule has 2 aromatic carbocycles. The van der Waals surface area contributed by atoms with E-state index in [0.717, 1.165) is 35.0 Å². The molecule has 0 spiro atoms. The van der Waals surface area contributed by atoms with Crippen LogP contribution in [0.3, 0.4) is 0 Å². The van der Waals surface area contributed by atoms with Crippen LogP contribution in [0, 0.1) is 0 Å². The van der Waals surface area contributed by atoms with Crippen LogP contribution in [0.1, 0.15) is 11.8 Å². The summed E-state index contributed by atoms with van der Waals surface area (Å²) in [6.07, 6.45) is 4.08. The van der Waals surface area contributed by atoms with Gasteiger partial charge in [-0.1, -0.05) is 6.07 Å². The second-order valence-corrected chi connectivity index (χ2v) is 6.17. The van der Waals surface area contributed by atoms with Crippen LogP contribution in [0.15, 0.2) is 67.0 Å². The fourth-order valence-electron chi connectivity index (χ4n) is 3.28. The van der Waals surface area contributed by atoms with Gasteiger partial charge in [0, 0.05) is 41.9 Å². The van der Waals surface area contributed by atoms with Crippen molar-refractivity contribution in [3.05, 3.63) is 72.6 Å². The molecule has 0 aliphatic carbocycles. The maximum atomic E-state index is 6.01. The Morgan fingerprint density at radius 2 is 1.73 bits per heavy atom. The van der Waals surface area contributed by atoms with Gasteiger partial charge in [0.1, 0.15) is 11.5 Å². The normalized spacial score (nSPS) is 16.7. The van der Waals surface area contributed by atoms with E-state index in [-0.39, 0.29) is 6.23 Å². The first-order chi connectivity index (χ1) is 12.8. The van der Waals surface area contributed by atoms with Gasteiger partial charge in [0.25, 0.3) is 0 Å². The molecule has 1 aliphatic rings. The quantitative estimate of drug-likeness (QED) is 0.696. The summed E-state index contributed by atoms with van der Waals surface area (Å²) in [5.74, 6) is 1.70. The van der Waals surface area contributed by atoms with Gasteiger partial charge in [0.2, 0.25) is 0 Å². The maximum absolute atomic E-state index is 6.01. The monoisotopic (exact) mass is 350 g/mol. The van der Waals surface area contributed by atoms with Gasteiger partial charge < -0.3 is 23.7 Å². The first kappa shape index (κ1) is 16.5. The third-order valence-corrected chi connectivity index (χ3v) is 4.65. The molecule has 1 aromatic heterocycles. The standard InChI is InChI=1S/C21H22N2O3/c1-24-19-8-6-17(7-9-19)23-12-13-26-21(23)16-10-11-22(15-16)18-4-3-5-20(14-18)25-2/h3-11,14-15,21H,12-13H2,1-2H3. The van der Waals surface area contributed by atoms with Crippen molar-refractivity contribution in [3.8, 4) is 17.2 Å². The fraction of sp³-hybridized carbons (Fsp3) is 0.238. The fourth-order valence-corrected chi connectivity index (χ4v) is 3.28. The molecule has 26 heavy (non-hydrogen) atoms. The van der Waals surface area contributed by atoms with Crippen molar-refractivity contribution in [1.82, 2.24) is 4.57 Å². The Bertz CT molecular complexity index is 873. The van der Waals surface area contributed by atoms with Crippen molar-refractivity contribution in [2.45, 2.75) is 6.23 Å². The predicted molar refractivity (Wildman–Crippen MR) is 101 cm³/mol. The zero-order chi connectivity index (χ0) is 17.9. The topological polar surface area (TPSA) is 35.9 Å². The summed E-state index contributed by atoms with van der Waals surface area (Å²) in [6.45, 7) is 1.57. The Labute approximate surface area is 153 Å². The highest BCUT2D eigenvalue weighted by Crippen LogP contribution is 2.33. The van der Waals surface area contributed by atoms with Crippen LogP contribution in [-0.4, -0.2) is 31.9 Å². The lowest BCUT2D eigenvalue weighted by atomic mass is 10.2. The minimum atomic E-state index is -0.0877. The number of anilines is 1. The van der Waals surface area contributed by atoms with Gasteiger partial charge in [0.15, 0.2) is 6.23 Å². The molecule has 5 heteroatoms. The number of benzene rings is 2. The van der Waals surface area contributed by atoms with E-state index >= 15 is 0 Å². The highest BCUT2D eigenvalue weighted by molar-refractivity contribution is 5.51. The average molecular weight is 350 g/mol. The number of rotatable bonds is 5. The lowest BCUT2D eigenvalue weighted by Gasteiger charge is -2.24. The zero-order valence-corrected chi connectivity index (χ0v) is 15.0. The van der Waals surface area contributed by atoms with Gasteiger partial charge >= 0.3 is 0 Å². The number of nitrogens with zero attached hydrogens (tertiary/aromatic N) is 2. The largest absolute Gasteiger partial charge is 0.497 e. The molecule has 1 saturated heterocycles. The van der Waals surface area contributed by atoms with Gasteiger partial charge in [-0.2, -0.15) is 0 Å².